The maximum absolute atomic E-state index is 13.5. The monoisotopic (exact) mass is 260 g/mol. The number of halogens is 2. The normalized spacial score (nSPS) is 12.2. The molecule has 3 heteroatoms. The van der Waals surface area contributed by atoms with Gasteiger partial charge in [0.25, 0.3) is 0 Å². The molecular formula is C16H14F2O. The molecule has 2 rings (SSSR count). The summed E-state index contributed by atoms with van der Waals surface area (Å²) in [5.74, 6) is -1.59. The topological polar surface area (TPSA) is 17.1 Å². The maximum atomic E-state index is 13.5. The van der Waals surface area contributed by atoms with Gasteiger partial charge in [-0.3, -0.25) is 4.79 Å². The van der Waals surface area contributed by atoms with E-state index in [1.165, 1.54) is 12.1 Å². The highest BCUT2D eigenvalue weighted by atomic mass is 19.1. The van der Waals surface area contributed by atoms with Crippen LogP contribution in [-0.4, -0.2) is 5.78 Å². The van der Waals surface area contributed by atoms with E-state index in [1.54, 1.807) is 31.2 Å². The van der Waals surface area contributed by atoms with Gasteiger partial charge in [-0.15, -0.1) is 0 Å². The Balaban J connectivity index is 2.13. The molecule has 98 valence electrons. The lowest BCUT2D eigenvalue weighted by atomic mass is 9.93. The fourth-order valence-electron chi connectivity index (χ4n) is 2.00. The van der Waals surface area contributed by atoms with E-state index >= 15 is 0 Å². The van der Waals surface area contributed by atoms with E-state index in [0.717, 1.165) is 6.07 Å². The molecule has 0 spiro atoms. The minimum absolute atomic E-state index is 0.0377. The predicted molar refractivity (Wildman–Crippen MR) is 70.0 cm³/mol. The average molecular weight is 260 g/mol. The zero-order valence-corrected chi connectivity index (χ0v) is 10.6. The first-order chi connectivity index (χ1) is 9.08. The quantitative estimate of drug-likeness (QED) is 0.759. The molecule has 0 aliphatic heterocycles. The number of rotatable bonds is 4. The lowest BCUT2D eigenvalue weighted by Gasteiger charge is -2.11. The summed E-state index contributed by atoms with van der Waals surface area (Å²) in [5.41, 5.74) is 0.968. The fraction of sp³-hybridized carbons (Fsp3) is 0.188. The van der Waals surface area contributed by atoms with Crippen LogP contribution in [0.4, 0.5) is 8.78 Å². The molecular weight excluding hydrogens is 246 g/mol. The average Bonchev–Trinajstić information content (AvgIpc) is 2.42. The van der Waals surface area contributed by atoms with Crippen molar-refractivity contribution in [2.24, 2.45) is 5.92 Å². The predicted octanol–water partition coefficient (Wildman–Crippen LogP) is 4.03. The van der Waals surface area contributed by atoms with Crippen LogP contribution < -0.4 is 0 Å². The number of hydrogen-bond donors (Lipinski definition) is 0. The van der Waals surface area contributed by atoms with E-state index in [9.17, 15) is 13.6 Å². The summed E-state index contributed by atoms with van der Waals surface area (Å²) < 4.78 is 26.3. The molecule has 2 aromatic carbocycles. The van der Waals surface area contributed by atoms with Gasteiger partial charge in [0.05, 0.1) is 0 Å². The van der Waals surface area contributed by atoms with Crippen molar-refractivity contribution >= 4 is 5.78 Å². The summed E-state index contributed by atoms with van der Waals surface area (Å²) in [6.07, 6.45) is 0.264. The van der Waals surface area contributed by atoms with Gasteiger partial charge in [-0.2, -0.15) is 0 Å². The standard InChI is InChI=1S/C16H14F2O/c1-11(16(19)12-5-3-2-4-6-12)9-13-7-8-14(17)10-15(13)18/h2-8,10-11H,9H2,1H3. The first kappa shape index (κ1) is 13.4. The number of Topliss-reactive ketones (excluding diaryl/α,β-unsaturated/α-hetero) is 1. The molecule has 1 nitrogen and oxygen atoms in total. The van der Waals surface area contributed by atoms with Gasteiger partial charge in [-0.25, -0.2) is 8.78 Å². The minimum Gasteiger partial charge on any atom is -0.294 e. The Kier molecular flexibility index (Phi) is 4.05. The van der Waals surface area contributed by atoms with E-state index in [2.05, 4.69) is 0 Å². The third-order valence-electron chi connectivity index (χ3n) is 3.05. The molecule has 1 unspecified atom stereocenters. The highest BCUT2D eigenvalue weighted by Gasteiger charge is 2.17. The first-order valence-corrected chi connectivity index (χ1v) is 6.11. The Labute approximate surface area is 110 Å². The van der Waals surface area contributed by atoms with Gasteiger partial charge in [-0.05, 0) is 18.1 Å². The largest absolute Gasteiger partial charge is 0.294 e. The van der Waals surface area contributed by atoms with Crippen molar-refractivity contribution in [1.29, 1.82) is 0 Å². The Hall–Kier alpha value is -2.03. The molecule has 0 radical (unpaired) electrons. The molecule has 0 aromatic heterocycles. The minimum atomic E-state index is -0.608. The van der Waals surface area contributed by atoms with Crippen molar-refractivity contribution in [2.45, 2.75) is 13.3 Å². The van der Waals surface area contributed by atoms with Crippen LogP contribution in [0.15, 0.2) is 48.5 Å². The van der Waals surface area contributed by atoms with Gasteiger partial charge in [0.2, 0.25) is 0 Å². The van der Waals surface area contributed by atoms with E-state index < -0.39 is 11.6 Å². The van der Waals surface area contributed by atoms with Crippen molar-refractivity contribution in [3.05, 3.63) is 71.3 Å². The molecule has 0 fully saturated rings. The highest BCUT2D eigenvalue weighted by Crippen LogP contribution is 2.17. The number of hydrogen-bond acceptors (Lipinski definition) is 1. The Bertz CT molecular complexity index is 579. The van der Waals surface area contributed by atoms with Crippen LogP contribution in [-0.2, 0) is 6.42 Å². The zero-order valence-electron chi connectivity index (χ0n) is 10.6. The molecule has 2 aromatic rings. The van der Waals surface area contributed by atoms with Gasteiger partial charge in [-0.1, -0.05) is 43.3 Å². The summed E-state index contributed by atoms with van der Waals surface area (Å²) in [7, 11) is 0. The van der Waals surface area contributed by atoms with E-state index in [0.29, 0.717) is 11.1 Å². The molecule has 1 atom stereocenters. The zero-order chi connectivity index (χ0) is 13.8. The van der Waals surface area contributed by atoms with Crippen LogP contribution in [0.25, 0.3) is 0 Å². The van der Waals surface area contributed by atoms with E-state index in [1.807, 2.05) is 6.07 Å². The summed E-state index contributed by atoms with van der Waals surface area (Å²) in [5, 5.41) is 0. The Morgan fingerprint density at radius 3 is 2.42 bits per heavy atom. The van der Waals surface area contributed by atoms with Crippen LogP contribution in [0.5, 0.6) is 0 Å². The number of carbonyl (C=O) groups is 1. The van der Waals surface area contributed by atoms with Crippen LogP contribution in [0.1, 0.15) is 22.8 Å². The molecule has 0 bridgehead atoms. The van der Waals surface area contributed by atoms with E-state index in [4.69, 9.17) is 0 Å². The Morgan fingerprint density at radius 1 is 1.11 bits per heavy atom. The molecule has 0 aliphatic rings. The fourth-order valence-corrected chi connectivity index (χ4v) is 2.00. The second-order valence-electron chi connectivity index (χ2n) is 4.57. The molecule has 0 saturated heterocycles. The molecule has 19 heavy (non-hydrogen) atoms. The van der Waals surface area contributed by atoms with Gasteiger partial charge in [0.1, 0.15) is 11.6 Å². The van der Waals surface area contributed by atoms with Gasteiger partial charge in [0, 0.05) is 17.5 Å². The molecule has 0 heterocycles. The third kappa shape index (κ3) is 3.25. The molecule has 0 aliphatic carbocycles. The molecule has 0 amide bonds. The second kappa shape index (κ2) is 5.74. The highest BCUT2D eigenvalue weighted by molar-refractivity contribution is 5.97. The van der Waals surface area contributed by atoms with Crippen LogP contribution in [0, 0.1) is 17.6 Å². The van der Waals surface area contributed by atoms with Gasteiger partial charge < -0.3 is 0 Å². The Morgan fingerprint density at radius 2 is 1.79 bits per heavy atom. The van der Waals surface area contributed by atoms with Crippen molar-refractivity contribution in [3.8, 4) is 0 Å². The van der Waals surface area contributed by atoms with Gasteiger partial charge in [0.15, 0.2) is 5.78 Å². The lowest BCUT2D eigenvalue weighted by Crippen LogP contribution is -2.14. The summed E-state index contributed by atoms with van der Waals surface area (Å²) >= 11 is 0. The summed E-state index contributed by atoms with van der Waals surface area (Å²) in [6.45, 7) is 1.75. The smallest absolute Gasteiger partial charge is 0.165 e. The van der Waals surface area contributed by atoms with Crippen molar-refractivity contribution in [3.63, 3.8) is 0 Å². The lowest BCUT2D eigenvalue weighted by molar-refractivity contribution is 0.0929. The van der Waals surface area contributed by atoms with Crippen LogP contribution in [0.3, 0.4) is 0 Å². The van der Waals surface area contributed by atoms with Crippen molar-refractivity contribution < 1.29 is 13.6 Å². The van der Waals surface area contributed by atoms with Crippen molar-refractivity contribution in [2.75, 3.05) is 0 Å². The SMILES string of the molecule is CC(Cc1ccc(F)cc1F)C(=O)c1ccccc1. The summed E-state index contributed by atoms with van der Waals surface area (Å²) in [6, 6.07) is 12.3. The number of benzene rings is 2. The maximum Gasteiger partial charge on any atom is 0.165 e. The number of ketones is 1. The first-order valence-electron chi connectivity index (χ1n) is 6.11. The van der Waals surface area contributed by atoms with Crippen LogP contribution >= 0.6 is 0 Å². The molecule has 0 saturated carbocycles. The van der Waals surface area contributed by atoms with Crippen molar-refractivity contribution in [1.82, 2.24) is 0 Å². The summed E-state index contributed by atoms with van der Waals surface area (Å²) in [4.78, 5) is 12.1. The second-order valence-corrected chi connectivity index (χ2v) is 4.57. The van der Waals surface area contributed by atoms with Crippen LogP contribution in [0.2, 0.25) is 0 Å². The molecule has 0 N–H and O–H groups in total. The third-order valence-corrected chi connectivity index (χ3v) is 3.05. The number of carbonyl (C=O) groups excluding carboxylic acids is 1. The van der Waals surface area contributed by atoms with Gasteiger partial charge >= 0.3 is 0 Å². The van der Waals surface area contributed by atoms with E-state index in [-0.39, 0.29) is 18.1 Å².